The number of halogens is 1. The number of aliphatic hydroxyl groups excluding tert-OH is 2. The van der Waals surface area contributed by atoms with Crippen LogP contribution < -0.4 is 0 Å². The second kappa shape index (κ2) is 7.65. The molecule has 0 aliphatic carbocycles. The Morgan fingerprint density at radius 3 is 2.74 bits per heavy atom. The second-order valence-electron chi connectivity index (χ2n) is 4.04. The van der Waals surface area contributed by atoms with Crippen LogP contribution in [0.5, 0.6) is 0 Å². The zero-order valence-corrected chi connectivity index (χ0v) is 11.9. The van der Waals surface area contributed by atoms with Crippen LogP contribution in [0.3, 0.4) is 0 Å². The van der Waals surface area contributed by atoms with Crippen LogP contribution in [0.2, 0.25) is 5.02 Å². The van der Waals surface area contributed by atoms with Crippen molar-refractivity contribution in [3.8, 4) is 0 Å². The Morgan fingerprint density at radius 1 is 1.47 bits per heavy atom. The molecule has 0 amide bonds. The normalized spacial score (nSPS) is 13.9. The van der Waals surface area contributed by atoms with Crippen LogP contribution in [-0.4, -0.2) is 33.5 Å². The second-order valence-corrected chi connectivity index (χ2v) is 5.72. The number of benzene rings is 1. The molecule has 1 aromatic rings. The summed E-state index contributed by atoms with van der Waals surface area (Å²) in [4.78, 5) is 21.4. The summed E-state index contributed by atoms with van der Waals surface area (Å²) in [5.41, 5.74) is 0.690. The highest BCUT2D eigenvalue weighted by Gasteiger charge is 2.21. The summed E-state index contributed by atoms with van der Waals surface area (Å²) < 4.78 is 0. The SMILES string of the molecule is CC(=O)SCCC(O)C(O)c1cc(C=O)ccc1Cl. The van der Waals surface area contributed by atoms with Crippen LogP contribution in [0.25, 0.3) is 0 Å². The Kier molecular flexibility index (Phi) is 6.51. The largest absolute Gasteiger partial charge is 0.390 e. The molecule has 0 radical (unpaired) electrons. The van der Waals surface area contributed by atoms with E-state index in [-0.39, 0.29) is 16.6 Å². The first-order valence-corrected chi connectivity index (χ1v) is 7.06. The molecule has 0 spiro atoms. The number of aliphatic hydroxyl groups is 2. The van der Waals surface area contributed by atoms with Crippen LogP contribution in [0, 0.1) is 0 Å². The molecule has 1 aromatic carbocycles. The van der Waals surface area contributed by atoms with Gasteiger partial charge >= 0.3 is 0 Å². The van der Waals surface area contributed by atoms with E-state index in [0.717, 1.165) is 11.8 Å². The molecule has 0 fully saturated rings. The van der Waals surface area contributed by atoms with Gasteiger partial charge in [-0.25, -0.2) is 0 Å². The Labute approximate surface area is 120 Å². The van der Waals surface area contributed by atoms with Crippen molar-refractivity contribution in [2.45, 2.75) is 25.6 Å². The van der Waals surface area contributed by atoms with Crippen molar-refractivity contribution in [3.63, 3.8) is 0 Å². The molecule has 0 heterocycles. The average molecular weight is 303 g/mol. The van der Waals surface area contributed by atoms with E-state index in [9.17, 15) is 19.8 Å². The summed E-state index contributed by atoms with van der Waals surface area (Å²) in [5.74, 6) is 0.415. The minimum absolute atomic E-state index is 0.0392. The molecule has 0 aromatic heterocycles. The molecule has 0 saturated heterocycles. The predicted octanol–water partition coefficient (Wildman–Crippen LogP) is 2.22. The van der Waals surface area contributed by atoms with Gasteiger partial charge in [-0.05, 0) is 18.6 Å². The van der Waals surface area contributed by atoms with Crippen molar-refractivity contribution in [2.75, 3.05) is 5.75 Å². The van der Waals surface area contributed by atoms with Gasteiger partial charge in [-0.15, -0.1) is 0 Å². The number of aldehydes is 1. The summed E-state index contributed by atoms with van der Waals surface area (Å²) in [6.45, 7) is 1.44. The van der Waals surface area contributed by atoms with E-state index in [4.69, 9.17) is 11.6 Å². The number of carbonyl (C=O) groups excluding carboxylic acids is 2. The molecule has 2 atom stereocenters. The average Bonchev–Trinajstić information content (AvgIpc) is 2.38. The summed E-state index contributed by atoms with van der Waals surface area (Å²) >= 11 is 7.02. The van der Waals surface area contributed by atoms with Gasteiger partial charge in [0, 0.05) is 28.8 Å². The molecule has 0 aliphatic heterocycles. The first-order valence-electron chi connectivity index (χ1n) is 5.69. The molecule has 2 N–H and O–H groups in total. The van der Waals surface area contributed by atoms with Gasteiger partial charge in [0.25, 0.3) is 0 Å². The van der Waals surface area contributed by atoms with E-state index in [2.05, 4.69) is 0 Å². The summed E-state index contributed by atoms with van der Waals surface area (Å²) in [6, 6.07) is 4.48. The van der Waals surface area contributed by atoms with Crippen molar-refractivity contribution >= 4 is 34.8 Å². The first-order chi connectivity index (χ1) is 8.95. The lowest BCUT2D eigenvalue weighted by Crippen LogP contribution is -2.19. The molecular weight excluding hydrogens is 288 g/mol. The molecule has 6 heteroatoms. The first kappa shape index (κ1) is 16.2. The molecule has 4 nitrogen and oxygen atoms in total. The fourth-order valence-electron chi connectivity index (χ4n) is 1.55. The quantitative estimate of drug-likeness (QED) is 0.788. The molecule has 104 valence electrons. The Bertz CT molecular complexity index is 464. The summed E-state index contributed by atoms with van der Waals surface area (Å²) in [5, 5.41) is 20.1. The van der Waals surface area contributed by atoms with E-state index in [1.54, 1.807) is 0 Å². The van der Waals surface area contributed by atoms with E-state index in [1.165, 1.54) is 25.1 Å². The van der Waals surface area contributed by atoms with E-state index >= 15 is 0 Å². The third kappa shape index (κ3) is 4.95. The standard InChI is InChI=1S/C13H15ClO4S/c1-8(16)19-5-4-12(17)13(18)10-6-9(7-15)2-3-11(10)14/h2-3,6-7,12-13,17-18H,4-5H2,1H3. The number of hydrogen-bond donors (Lipinski definition) is 2. The van der Waals surface area contributed by atoms with E-state index in [1.807, 2.05) is 0 Å². The monoisotopic (exact) mass is 302 g/mol. The lowest BCUT2D eigenvalue weighted by atomic mass is 10.0. The molecule has 0 saturated carbocycles. The van der Waals surface area contributed by atoms with Gasteiger partial charge in [0.1, 0.15) is 12.4 Å². The molecule has 0 bridgehead atoms. The zero-order valence-electron chi connectivity index (χ0n) is 10.4. The highest BCUT2D eigenvalue weighted by atomic mass is 35.5. The number of thioether (sulfide) groups is 1. The van der Waals surface area contributed by atoms with E-state index in [0.29, 0.717) is 23.2 Å². The maximum Gasteiger partial charge on any atom is 0.185 e. The number of carbonyl (C=O) groups is 2. The number of rotatable bonds is 6. The molecule has 2 unspecified atom stereocenters. The summed E-state index contributed by atoms with van der Waals surface area (Å²) in [6.07, 6.45) is -1.32. The van der Waals surface area contributed by atoms with Gasteiger partial charge in [-0.1, -0.05) is 29.4 Å². The fourth-order valence-corrected chi connectivity index (χ4v) is 2.43. The lowest BCUT2D eigenvalue weighted by Gasteiger charge is -2.19. The molecule has 19 heavy (non-hydrogen) atoms. The summed E-state index contributed by atoms with van der Waals surface area (Å²) in [7, 11) is 0. The lowest BCUT2D eigenvalue weighted by molar-refractivity contribution is -0.109. The van der Waals surface area contributed by atoms with Gasteiger partial charge < -0.3 is 10.2 Å². The predicted molar refractivity (Wildman–Crippen MR) is 75.6 cm³/mol. The Balaban J connectivity index is 2.72. The minimum Gasteiger partial charge on any atom is -0.390 e. The molecule has 0 aliphatic rings. The third-order valence-corrected chi connectivity index (χ3v) is 3.75. The van der Waals surface area contributed by atoms with Crippen LogP contribution in [0.4, 0.5) is 0 Å². The van der Waals surface area contributed by atoms with Crippen LogP contribution in [0.1, 0.15) is 35.4 Å². The van der Waals surface area contributed by atoms with Crippen molar-refractivity contribution in [2.24, 2.45) is 0 Å². The topological polar surface area (TPSA) is 74.6 Å². The molecular formula is C13H15ClO4S. The van der Waals surface area contributed by atoms with Gasteiger partial charge in [-0.3, -0.25) is 9.59 Å². The van der Waals surface area contributed by atoms with Gasteiger partial charge in [-0.2, -0.15) is 0 Å². The number of hydrogen-bond acceptors (Lipinski definition) is 5. The highest BCUT2D eigenvalue weighted by Crippen LogP contribution is 2.27. The Morgan fingerprint density at radius 2 is 2.16 bits per heavy atom. The maximum atomic E-state index is 10.8. The fraction of sp³-hybridized carbons (Fsp3) is 0.385. The van der Waals surface area contributed by atoms with Crippen LogP contribution in [0.15, 0.2) is 18.2 Å². The minimum atomic E-state index is -1.18. The van der Waals surface area contributed by atoms with Gasteiger partial charge in [0.2, 0.25) is 0 Å². The van der Waals surface area contributed by atoms with Crippen LogP contribution >= 0.6 is 23.4 Å². The Hall–Kier alpha value is -0.880. The van der Waals surface area contributed by atoms with Crippen molar-refractivity contribution in [3.05, 3.63) is 34.3 Å². The smallest absolute Gasteiger partial charge is 0.185 e. The van der Waals surface area contributed by atoms with Crippen molar-refractivity contribution in [1.82, 2.24) is 0 Å². The van der Waals surface area contributed by atoms with Crippen LogP contribution in [-0.2, 0) is 4.79 Å². The highest BCUT2D eigenvalue weighted by molar-refractivity contribution is 8.13. The maximum absolute atomic E-state index is 10.8. The molecule has 1 rings (SSSR count). The third-order valence-electron chi connectivity index (χ3n) is 2.56. The van der Waals surface area contributed by atoms with Gasteiger partial charge in [0.05, 0.1) is 6.10 Å². The van der Waals surface area contributed by atoms with E-state index < -0.39 is 12.2 Å². The van der Waals surface area contributed by atoms with Crippen molar-refractivity contribution < 1.29 is 19.8 Å². The van der Waals surface area contributed by atoms with Gasteiger partial charge in [0.15, 0.2) is 5.12 Å². The zero-order chi connectivity index (χ0) is 14.4. The van der Waals surface area contributed by atoms with Crippen molar-refractivity contribution in [1.29, 1.82) is 0 Å².